The Labute approximate surface area is 167 Å². The standard InChI is InChI=1S/C21H26FN3O4/c1-13(2)25-18-12-17(23-14-7-4-3-5-8-14)16(22)11-15(18)20(28)24(21(25)29)10-6-9-19(26)27/h6,9,11-14,23H,3-5,7-8,10H2,1-2H3,(H,26,27). The molecule has 0 atom stereocenters. The summed E-state index contributed by atoms with van der Waals surface area (Å²) in [6.07, 6.45) is 7.39. The zero-order chi connectivity index (χ0) is 21.1. The SMILES string of the molecule is CC(C)n1c(=O)n(CC=CC(=O)O)c(=O)c2cc(F)c(NC3CCCCC3)cc21. The number of anilines is 1. The second kappa shape index (κ2) is 8.63. The summed E-state index contributed by atoms with van der Waals surface area (Å²) < 4.78 is 17.2. The van der Waals surface area contributed by atoms with E-state index in [9.17, 15) is 18.8 Å². The number of nitrogens with zero attached hydrogens (tertiary/aromatic N) is 2. The van der Waals surface area contributed by atoms with Crippen molar-refractivity contribution in [1.82, 2.24) is 9.13 Å². The van der Waals surface area contributed by atoms with Gasteiger partial charge >= 0.3 is 11.7 Å². The molecule has 0 radical (unpaired) electrons. The van der Waals surface area contributed by atoms with Gasteiger partial charge in [0.05, 0.1) is 16.6 Å². The Morgan fingerprint density at radius 3 is 2.59 bits per heavy atom. The van der Waals surface area contributed by atoms with Crippen molar-refractivity contribution in [3.05, 3.63) is 50.9 Å². The first kappa shape index (κ1) is 20.8. The van der Waals surface area contributed by atoms with Gasteiger partial charge in [0.25, 0.3) is 5.56 Å². The average Bonchev–Trinajstić information content (AvgIpc) is 2.66. The van der Waals surface area contributed by atoms with Crippen molar-refractivity contribution in [1.29, 1.82) is 0 Å². The molecule has 1 aromatic carbocycles. The van der Waals surface area contributed by atoms with E-state index in [0.717, 1.165) is 36.3 Å². The lowest BCUT2D eigenvalue weighted by Gasteiger charge is -2.25. The Morgan fingerprint density at radius 1 is 1.28 bits per heavy atom. The molecule has 1 heterocycles. The van der Waals surface area contributed by atoms with Crippen molar-refractivity contribution in [2.75, 3.05) is 5.32 Å². The molecule has 1 aliphatic rings. The Kier molecular flexibility index (Phi) is 6.20. The molecule has 3 rings (SSSR count). The molecular weight excluding hydrogens is 377 g/mol. The summed E-state index contributed by atoms with van der Waals surface area (Å²) in [5.41, 5.74) is -0.530. The quantitative estimate of drug-likeness (QED) is 0.722. The smallest absolute Gasteiger partial charge is 0.332 e. The second-order valence-corrected chi connectivity index (χ2v) is 7.73. The van der Waals surface area contributed by atoms with E-state index in [-0.39, 0.29) is 24.0 Å². The van der Waals surface area contributed by atoms with Crippen molar-refractivity contribution in [3.8, 4) is 0 Å². The summed E-state index contributed by atoms with van der Waals surface area (Å²) >= 11 is 0. The van der Waals surface area contributed by atoms with Crippen LogP contribution < -0.4 is 16.6 Å². The van der Waals surface area contributed by atoms with Crippen LogP contribution in [0.4, 0.5) is 10.1 Å². The van der Waals surface area contributed by atoms with Crippen molar-refractivity contribution in [3.63, 3.8) is 0 Å². The summed E-state index contributed by atoms with van der Waals surface area (Å²) in [6, 6.07) is 2.61. The summed E-state index contributed by atoms with van der Waals surface area (Å²) in [5.74, 6) is -1.71. The van der Waals surface area contributed by atoms with Gasteiger partial charge in [0, 0.05) is 24.7 Å². The van der Waals surface area contributed by atoms with Crippen LogP contribution in [-0.2, 0) is 11.3 Å². The molecule has 0 saturated heterocycles. The fraction of sp³-hybridized carbons (Fsp3) is 0.476. The molecule has 0 bridgehead atoms. The van der Waals surface area contributed by atoms with Gasteiger partial charge in [-0.1, -0.05) is 25.3 Å². The number of rotatable bonds is 6. The highest BCUT2D eigenvalue weighted by Crippen LogP contribution is 2.26. The largest absolute Gasteiger partial charge is 0.478 e. The lowest BCUT2D eigenvalue weighted by molar-refractivity contribution is -0.131. The molecule has 7 nitrogen and oxygen atoms in total. The number of fused-ring (bicyclic) bond motifs is 1. The summed E-state index contributed by atoms with van der Waals surface area (Å²) in [4.78, 5) is 36.5. The van der Waals surface area contributed by atoms with E-state index < -0.39 is 23.0 Å². The van der Waals surface area contributed by atoms with E-state index in [1.165, 1.54) is 23.1 Å². The molecular formula is C21H26FN3O4. The Hall–Kier alpha value is -2.90. The number of carboxylic acids is 1. The predicted octanol–water partition coefficient (Wildman–Crippen LogP) is 3.27. The molecule has 1 aliphatic carbocycles. The number of carbonyl (C=O) groups is 1. The highest BCUT2D eigenvalue weighted by molar-refractivity contribution is 5.82. The third kappa shape index (κ3) is 4.41. The summed E-state index contributed by atoms with van der Waals surface area (Å²) in [6.45, 7) is 3.41. The highest BCUT2D eigenvalue weighted by Gasteiger charge is 2.20. The first-order valence-electron chi connectivity index (χ1n) is 9.94. The van der Waals surface area contributed by atoms with E-state index in [2.05, 4.69) is 5.32 Å². The first-order valence-corrected chi connectivity index (χ1v) is 9.94. The van der Waals surface area contributed by atoms with E-state index in [4.69, 9.17) is 5.11 Å². The van der Waals surface area contributed by atoms with Gasteiger partial charge in [-0.15, -0.1) is 0 Å². The molecule has 1 saturated carbocycles. The van der Waals surface area contributed by atoms with Crippen LogP contribution in [0.1, 0.15) is 52.0 Å². The van der Waals surface area contributed by atoms with Gasteiger partial charge in [-0.05, 0) is 38.8 Å². The molecule has 156 valence electrons. The van der Waals surface area contributed by atoms with Crippen LogP contribution in [0, 0.1) is 5.82 Å². The maximum Gasteiger partial charge on any atom is 0.332 e. The molecule has 0 spiro atoms. The van der Waals surface area contributed by atoms with Crippen molar-refractivity contribution < 1.29 is 14.3 Å². The summed E-state index contributed by atoms with van der Waals surface area (Å²) in [7, 11) is 0. The lowest BCUT2D eigenvalue weighted by atomic mass is 9.95. The molecule has 1 fully saturated rings. The van der Waals surface area contributed by atoms with Crippen LogP contribution in [0.25, 0.3) is 10.9 Å². The number of aliphatic carboxylic acids is 1. The van der Waals surface area contributed by atoms with Crippen LogP contribution in [0.2, 0.25) is 0 Å². The third-order valence-corrected chi connectivity index (χ3v) is 5.29. The molecule has 29 heavy (non-hydrogen) atoms. The Morgan fingerprint density at radius 2 is 1.97 bits per heavy atom. The Balaban J connectivity index is 2.14. The van der Waals surface area contributed by atoms with E-state index >= 15 is 0 Å². The van der Waals surface area contributed by atoms with Gasteiger partial charge < -0.3 is 10.4 Å². The van der Waals surface area contributed by atoms with Crippen LogP contribution in [-0.4, -0.2) is 26.3 Å². The number of hydrogen-bond donors (Lipinski definition) is 2. The van der Waals surface area contributed by atoms with Crippen LogP contribution >= 0.6 is 0 Å². The normalized spacial score (nSPS) is 15.4. The molecule has 2 aromatic rings. The van der Waals surface area contributed by atoms with Gasteiger partial charge in [-0.2, -0.15) is 0 Å². The van der Waals surface area contributed by atoms with Crippen LogP contribution in [0.15, 0.2) is 33.9 Å². The van der Waals surface area contributed by atoms with Gasteiger partial charge in [-0.3, -0.25) is 13.9 Å². The number of allylic oxidation sites excluding steroid dienone is 1. The average molecular weight is 403 g/mol. The third-order valence-electron chi connectivity index (χ3n) is 5.29. The topological polar surface area (TPSA) is 93.3 Å². The molecule has 2 N–H and O–H groups in total. The maximum atomic E-state index is 14.8. The molecule has 0 unspecified atom stereocenters. The van der Waals surface area contributed by atoms with Gasteiger partial charge in [0.2, 0.25) is 0 Å². The van der Waals surface area contributed by atoms with Gasteiger partial charge in [0.15, 0.2) is 0 Å². The van der Waals surface area contributed by atoms with Crippen LogP contribution in [0.5, 0.6) is 0 Å². The zero-order valence-electron chi connectivity index (χ0n) is 16.7. The van der Waals surface area contributed by atoms with Gasteiger partial charge in [-0.25, -0.2) is 14.0 Å². The lowest BCUT2D eigenvalue weighted by Crippen LogP contribution is -2.40. The zero-order valence-corrected chi connectivity index (χ0v) is 16.7. The van der Waals surface area contributed by atoms with Gasteiger partial charge in [0.1, 0.15) is 5.82 Å². The number of aromatic nitrogens is 2. The van der Waals surface area contributed by atoms with Crippen molar-refractivity contribution >= 4 is 22.6 Å². The predicted molar refractivity (Wildman–Crippen MR) is 110 cm³/mol. The number of hydrogen-bond acceptors (Lipinski definition) is 4. The minimum absolute atomic E-state index is 0.0914. The minimum atomic E-state index is -1.17. The summed E-state index contributed by atoms with van der Waals surface area (Å²) in [5, 5.41) is 12.1. The van der Waals surface area contributed by atoms with E-state index in [1.807, 2.05) is 0 Å². The number of halogens is 1. The monoisotopic (exact) mass is 403 g/mol. The number of nitrogens with one attached hydrogen (secondary N) is 1. The maximum absolute atomic E-state index is 14.8. The fourth-order valence-electron chi connectivity index (χ4n) is 3.89. The molecule has 0 aliphatic heterocycles. The Bertz CT molecular complexity index is 1060. The number of carboxylic acid groups (broad SMARTS) is 1. The highest BCUT2D eigenvalue weighted by atomic mass is 19.1. The van der Waals surface area contributed by atoms with Crippen molar-refractivity contribution in [2.24, 2.45) is 0 Å². The first-order chi connectivity index (χ1) is 13.8. The minimum Gasteiger partial charge on any atom is -0.478 e. The molecule has 8 heteroatoms. The fourth-order valence-corrected chi connectivity index (χ4v) is 3.89. The van der Waals surface area contributed by atoms with Crippen molar-refractivity contribution in [2.45, 2.75) is 64.6 Å². The molecule has 1 aromatic heterocycles. The van der Waals surface area contributed by atoms with E-state index in [1.54, 1.807) is 19.9 Å². The second-order valence-electron chi connectivity index (χ2n) is 7.73. The molecule has 0 amide bonds. The van der Waals surface area contributed by atoms with Crippen LogP contribution in [0.3, 0.4) is 0 Å². The van der Waals surface area contributed by atoms with E-state index in [0.29, 0.717) is 11.2 Å². The number of benzene rings is 1.